The molecule has 9 nitrogen and oxygen atoms in total. The SMILES string of the molecule is COc1cccc(N2CCN(CCCN3CC4(OCCO4)c4c(OC)cccc4S3(=O)=O)CC2)c1. The fourth-order valence-electron chi connectivity index (χ4n) is 5.20. The minimum absolute atomic E-state index is 0.131. The van der Waals surface area contributed by atoms with Crippen LogP contribution in [0.2, 0.25) is 0 Å². The van der Waals surface area contributed by atoms with Crippen molar-refractivity contribution in [1.82, 2.24) is 9.21 Å². The maximum atomic E-state index is 13.5. The van der Waals surface area contributed by atoms with Crippen molar-refractivity contribution in [2.75, 3.05) is 78.1 Å². The van der Waals surface area contributed by atoms with E-state index in [1.54, 1.807) is 25.3 Å². The summed E-state index contributed by atoms with van der Waals surface area (Å²) >= 11 is 0. The first-order valence-electron chi connectivity index (χ1n) is 12.0. The molecule has 3 aliphatic heterocycles. The van der Waals surface area contributed by atoms with Crippen molar-refractivity contribution in [2.24, 2.45) is 0 Å². The van der Waals surface area contributed by atoms with E-state index in [4.69, 9.17) is 18.9 Å². The lowest BCUT2D eigenvalue weighted by Gasteiger charge is -2.40. The predicted molar refractivity (Wildman–Crippen MR) is 132 cm³/mol. The lowest BCUT2D eigenvalue weighted by atomic mass is 10.0. The fraction of sp³-hybridized carbons (Fsp3) is 0.520. The first-order chi connectivity index (χ1) is 17.0. The van der Waals surface area contributed by atoms with Crippen LogP contribution in [0.4, 0.5) is 5.69 Å². The second-order valence-corrected chi connectivity index (χ2v) is 10.9. The molecule has 3 heterocycles. The highest BCUT2D eigenvalue weighted by Gasteiger charge is 2.52. The number of methoxy groups -OCH3 is 2. The van der Waals surface area contributed by atoms with Gasteiger partial charge in [0.25, 0.3) is 0 Å². The number of ether oxygens (including phenoxy) is 4. The Hall–Kier alpha value is -2.37. The van der Waals surface area contributed by atoms with Gasteiger partial charge in [-0.15, -0.1) is 0 Å². The zero-order chi connectivity index (χ0) is 24.5. The summed E-state index contributed by atoms with van der Waals surface area (Å²) < 4.78 is 51.3. The molecular weight excluding hydrogens is 470 g/mol. The molecule has 0 aliphatic carbocycles. The number of piperazine rings is 1. The van der Waals surface area contributed by atoms with Gasteiger partial charge in [-0.3, -0.25) is 4.90 Å². The number of anilines is 1. The number of fused-ring (bicyclic) bond motifs is 2. The molecule has 0 amide bonds. The van der Waals surface area contributed by atoms with Gasteiger partial charge in [0.2, 0.25) is 15.8 Å². The Morgan fingerprint density at radius 2 is 1.69 bits per heavy atom. The monoisotopic (exact) mass is 503 g/mol. The van der Waals surface area contributed by atoms with Gasteiger partial charge in [0.15, 0.2) is 0 Å². The van der Waals surface area contributed by atoms with Crippen LogP contribution in [0.3, 0.4) is 0 Å². The highest BCUT2D eigenvalue weighted by atomic mass is 32.2. The second kappa shape index (κ2) is 9.94. The van der Waals surface area contributed by atoms with E-state index in [1.165, 1.54) is 17.1 Å². The molecule has 0 N–H and O–H groups in total. The summed E-state index contributed by atoms with van der Waals surface area (Å²) in [6, 6.07) is 13.2. The molecule has 0 radical (unpaired) electrons. The second-order valence-electron chi connectivity index (χ2n) is 9.01. The highest BCUT2D eigenvalue weighted by Crippen LogP contribution is 2.46. The van der Waals surface area contributed by atoms with Gasteiger partial charge >= 0.3 is 0 Å². The van der Waals surface area contributed by atoms with Crippen molar-refractivity contribution in [3.63, 3.8) is 0 Å². The lowest BCUT2D eigenvalue weighted by Crippen LogP contribution is -2.51. The third kappa shape index (κ3) is 4.61. The van der Waals surface area contributed by atoms with E-state index >= 15 is 0 Å². The van der Waals surface area contributed by atoms with Gasteiger partial charge in [0, 0.05) is 44.5 Å². The maximum Gasteiger partial charge on any atom is 0.243 e. The van der Waals surface area contributed by atoms with Gasteiger partial charge < -0.3 is 23.8 Å². The third-order valence-corrected chi connectivity index (χ3v) is 8.91. The van der Waals surface area contributed by atoms with Gasteiger partial charge in [0.1, 0.15) is 11.5 Å². The largest absolute Gasteiger partial charge is 0.497 e. The summed E-state index contributed by atoms with van der Waals surface area (Å²) in [6.45, 7) is 5.92. The van der Waals surface area contributed by atoms with E-state index in [-0.39, 0.29) is 11.4 Å². The van der Waals surface area contributed by atoms with Crippen LogP contribution in [0.5, 0.6) is 11.5 Å². The molecule has 0 bridgehead atoms. The summed E-state index contributed by atoms with van der Waals surface area (Å²) in [4.78, 5) is 4.95. The van der Waals surface area contributed by atoms with Crippen molar-refractivity contribution < 1.29 is 27.4 Å². The van der Waals surface area contributed by atoms with Gasteiger partial charge in [0.05, 0.1) is 44.4 Å². The Labute approximate surface area is 207 Å². The number of rotatable bonds is 7. The average Bonchev–Trinajstić information content (AvgIpc) is 3.36. The van der Waals surface area contributed by atoms with Gasteiger partial charge in [-0.25, -0.2) is 8.42 Å². The van der Waals surface area contributed by atoms with Crippen LogP contribution in [0.15, 0.2) is 47.4 Å². The molecule has 5 rings (SSSR count). The molecule has 2 aromatic rings. The van der Waals surface area contributed by atoms with E-state index in [2.05, 4.69) is 21.9 Å². The quantitative estimate of drug-likeness (QED) is 0.569. The molecule has 35 heavy (non-hydrogen) atoms. The minimum atomic E-state index is -3.68. The molecule has 0 atom stereocenters. The smallest absolute Gasteiger partial charge is 0.243 e. The van der Waals surface area contributed by atoms with Crippen LogP contribution in [-0.4, -0.2) is 90.9 Å². The summed E-state index contributed by atoms with van der Waals surface area (Å²) in [6.07, 6.45) is 0.730. The molecule has 2 saturated heterocycles. The van der Waals surface area contributed by atoms with Crippen LogP contribution in [0.25, 0.3) is 0 Å². The molecule has 190 valence electrons. The van der Waals surface area contributed by atoms with E-state index in [0.29, 0.717) is 31.1 Å². The normalized spacial score (nSPS) is 21.7. The summed E-state index contributed by atoms with van der Waals surface area (Å²) in [5.74, 6) is 0.219. The topological polar surface area (TPSA) is 80.8 Å². The molecular formula is C25H33N3O6S. The summed E-state index contributed by atoms with van der Waals surface area (Å²) in [5, 5.41) is 0. The maximum absolute atomic E-state index is 13.5. The number of benzene rings is 2. The fourth-order valence-corrected chi connectivity index (χ4v) is 6.96. The standard InChI is InChI=1S/C25H33N3O6S/c1-31-21-7-3-6-20(18-21)27-14-12-26(13-15-27)10-5-11-28-19-25(33-16-17-34-25)24-22(32-2)8-4-9-23(24)35(28,29)30/h3-4,6-9,18H,5,10-17,19H2,1-2H3. The molecule has 0 aromatic heterocycles. The van der Waals surface area contributed by atoms with Crippen molar-refractivity contribution >= 4 is 15.7 Å². The zero-order valence-corrected chi connectivity index (χ0v) is 21.1. The van der Waals surface area contributed by atoms with Gasteiger partial charge in [-0.2, -0.15) is 4.31 Å². The third-order valence-electron chi connectivity index (χ3n) is 7.02. The Balaban J connectivity index is 1.22. The van der Waals surface area contributed by atoms with E-state index < -0.39 is 15.8 Å². The Kier molecular flexibility index (Phi) is 6.91. The molecule has 10 heteroatoms. The Morgan fingerprint density at radius 3 is 2.40 bits per heavy atom. The van der Waals surface area contributed by atoms with Gasteiger partial charge in [-0.05, 0) is 37.2 Å². The summed E-state index contributed by atoms with van der Waals surface area (Å²) in [7, 11) is -0.464. The van der Waals surface area contributed by atoms with Crippen LogP contribution in [-0.2, 0) is 25.3 Å². The lowest BCUT2D eigenvalue weighted by molar-refractivity contribution is -0.177. The zero-order valence-electron chi connectivity index (χ0n) is 20.3. The Morgan fingerprint density at radius 1 is 0.943 bits per heavy atom. The van der Waals surface area contributed by atoms with E-state index in [9.17, 15) is 8.42 Å². The molecule has 3 aliphatic rings. The van der Waals surface area contributed by atoms with Crippen molar-refractivity contribution in [2.45, 2.75) is 17.1 Å². The van der Waals surface area contributed by atoms with Crippen molar-refractivity contribution in [3.8, 4) is 11.5 Å². The number of nitrogens with zero attached hydrogens (tertiary/aromatic N) is 3. The average molecular weight is 504 g/mol. The minimum Gasteiger partial charge on any atom is -0.497 e. The van der Waals surface area contributed by atoms with E-state index in [1.807, 2.05) is 12.1 Å². The first kappa shape index (κ1) is 24.3. The van der Waals surface area contributed by atoms with Crippen LogP contribution in [0, 0.1) is 0 Å². The molecule has 1 spiro atoms. The molecule has 0 saturated carbocycles. The van der Waals surface area contributed by atoms with Crippen LogP contribution in [0.1, 0.15) is 12.0 Å². The highest BCUT2D eigenvalue weighted by molar-refractivity contribution is 7.89. The Bertz CT molecular complexity index is 1140. The molecule has 2 fully saturated rings. The van der Waals surface area contributed by atoms with Crippen molar-refractivity contribution in [3.05, 3.63) is 48.0 Å². The number of hydrogen-bond donors (Lipinski definition) is 0. The first-order valence-corrected chi connectivity index (χ1v) is 13.5. The van der Waals surface area contributed by atoms with Crippen molar-refractivity contribution in [1.29, 1.82) is 0 Å². The molecule has 0 unspecified atom stereocenters. The number of sulfonamides is 1. The summed E-state index contributed by atoms with van der Waals surface area (Å²) in [5.41, 5.74) is 1.64. The van der Waals surface area contributed by atoms with Crippen LogP contribution >= 0.6 is 0 Å². The van der Waals surface area contributed by atoms with Crippen LogP contribution < -0.4 is 14.4 Å². The van der Waals surface area contributed by atoms with Gasteiger partial charge in [-0.1, -0.05) is 12.1 Å². The van der Waals surface area contributed by atoms with E-state index in [0.717, 1.165) is 44.9 Å². The molecule has 2 aromatic carbocycles. The predicted octanol–water partition coefficient (Wildman–Crippen LogP) is 2.12. The number of hydrogen-bond acceptors (Lipinski definition) is 8.